The first-order valence-corrected chi connectivity index (χ1v) is 8.16. The lowest BCUT2D eigenvalue weighted by Crippen LogP contribution is -2.57. The van der Waals surface area contributed by atoms with Crippen LogP contribution in [0.4, 0.5) is 0 Å². The monoisotopic (exact) mass is 289 g/mol. The van der Waals surface area contributed by atoms with Gasteiger partial charge >= 0.3 is 0 Å². The maximum atomic E-state index is 6.51. The molecule has 2 aliphatic rings. The second kappa shape index (κ2) is 6.34. The molecule has 0 bridgehead atoms. The van der Waals surface area contributed by atoms with Crippen molar-refractivity contribution in [3.63, 3.8) is 0 Å². The smallest absolute Gasteiger partial charge is 0.124 e. The highest BCUT2D eigenvalue weighted by molar-refractivity contribution is 5.38. The lowest BCUT2D eigenvalue weighted by Gasteiger charge is -2.44. The zero-order valence-corrected chi connectivity index (χ0v) is 13.2. The zero-order valence-electron chi connectivity index (χ0n) is 13.2. The van der Waals surface area contributed by atoms with E-state index >= 15 is 0 Å². The molecular weight excluding hydrogens is 262 g/mol. The summed E-state index contributed by atoms with van der Waals surface area (Å²) in [6.07, 6.45) is 1.22. The van der Waals surface area contributed by atoms with E-state index in [0.29, 0.717) is 18.7 Å². The summed E-state index contributed by atoms with van der Waals surface area (Å²) in [5.74, 6) is 0.958. The van der Waals surface area contributed by atoms with Gasteiger partial charge in [0.1, 0.15) is 12.4 Å². The molecule has 0 spiro atoms. The lowest BCUT2D eigenvalue weighted by atomic mass is 9.95. The molecule has 2 aliphatic heterocycles. The third-order valence-corrected chi connectivity index (χ3v) is 5.13. The molecule has 2 N–H and O–H groups in total. The van der Waals surface area contributed by atoms with Crippen LogP contribution in [0.25, 0.3) is 0 Å². The van der Waals surface area contributed by atoms with Gasteiger partial charge in [-0.05, 0) is 19.4 Å². The second-order valence-electron chi connectivity index (χ2n) is 6.27. The molecule has 0 amide bonds. The summed E-state index contributed by atoms with van der Waals surface area (Å²) in [6.45, 7) is 9.75. The van der Waals surface area contributed by atoms with Gasteiger partial charge in [-0.1, -0.05) is 25.1 Å². The van der Waals surface area contributed by atoms with E-state index < -0.39 is 0 Å². The number of piperazine rings is 1. The van der Waals surface area contributed by atoms with E-state index in [9.17, 15) is 0 Å². The third kappa shape index (κ3) is 2.93. The SMILES string of the molecule is CCC(C)N1CCN(C2COc3ccccc3C2N)CC1. The van der Waals surface area contributed by atoms with Crippen LogP contribution in [0.15, 0.2) is 24.3 Å². The molecule has 3 rings (SSSR count). The first-order valence-electron chi connectivity index (χ1n) is 8.16. The van der Waals surface area contributed by atoms with Gasteiger partial charge in [-0.2, -0.15) is 0 Å². The summed E-state index contributed by atoms with van der Waals surface area (Å²) >= 11 is 0. The molecule has 1 saturated heterocycles. The topological polar surface area (TPSA) is 41.7 Å². The molecule has 1 aromatic carbocycles. The van der Waals surface area contributed by atoms with Crippen molar-refractivity contribution in [2.75, 3.05) is 32.8 Å². The molecule has 0 aromatic heterocycles. The Balaban J connectivity index is 1.64. The maximum Gasteiger partial charge on any atom is 0.124 e. The highest BCUT2D eigenvalue weighted by Gasteiger charge is 2.34. The van der Waals surface area contributed by atoms with Crippen LogP contribution in [-0.4, -0.2) is 54.7 Å². The lowest BCUT2D eigenvalue weighted by molar-refractivity contribution is 0.0365. The normalized spacial score (nSPS) is 28.7. The minimum atomic E-state index is 0.0603. The van der Waals surface area contributed by atoms with Crippen molar-refractivity contribution in [2.24, 2.45) is 5.73 Å². The Morgan fingerprint density at radius 1 is 1.24 bits per heavy atom. The van der Waals surface area contributed by atoms with Crippen molar-refractivity contribution in [1.29, 1.82) is 0 Å². The summed E-state index contributed by atoms with van der Waals surface area (Å²) in [4.78, 5) is 5.10. The quantitative estimate of drug-likeness (QED) is 0.922. The molecule has 21 heavy (non-hydrogen) atoms. The first kappa shape index (κ1) is 14.8. The van der Waals surface area contributed by atoms with Gasteiger partial charge in [0.15, 0.2) is 0 Å². The van der Waals surface area contributed by atoms with Crippen molar-refractivity contribution in [2.45, 2.75) is 38.4 Å². The third-order valence-electron chi connectivity index (χ3n) is 5.13. The van der Waals surface area contributed by atoms with Gasteiger partial charge in [0.2, 0.25) is 0 Å². The van der Waals surface area contributed by atoms with E-state index in [1.54, 1.807) is 0 Å². The Labute approximate surface area is 127 Å². The highest BCUT2D eigenvalue weighted by Crippen LogP contribution is 2.32. The fourth-order valence-electron chi connectivity index (χ4n) is 3.47. The molecule has 1 fully saturated rings. The maximum absolute atomic E-state index is 6.51. The van der Waals surface area contributed by atoms with Crippen molar-refractivity contribution in [3.8, 4) is 5.75 Å². The summed E-state index contributed by atoms with van der Waals surface area (Å²) in [6, 6.07) is 9.23. The predicted octanol–water partition coefficient (Wildman–Crippen LogP) is 1.86. The van der Waals surface area contributed by atoms with E-state index in [0.717, 1.165) is 37.5 Å². The van der Waals surface area contributed by atoms with Crippen LogP contribution in [0.3, 0.4) is 0 Å². The minimum Gasteiger partial charge on any atom is -0.492 e. The molecule has 2 heterocycles. The van der Waals surface area contributed by atoms with Crippen LogP contribution in [0.5, 0.6) is 5.75 Å². The molecule has 0 radical (unpaired) electrons. The van der Waals surface area contributed by atoms with Gasteiger partial charge in [-0.15, -0.1) is 0 Å². The molecule has 4 heteroatoms. The highest BCUT2D eigenvalue weighted by atomic mass is 16.5. The van der Waals surface area contributed by atoms with Gasteiger partial charge in [-0.3, -0.25) is 9.80 Å². The number of ether oxygens (including phenoxy) is 1. The standard InChI is InChI=1S/C17H27N3O/c1-3-13(2)19-8-10-20(11-9-19)15-12-21-16-7-5-4-6-14(16)17(15)18/h4-7,13,15,17H,3,8-12,18H2,1-2H3. The van der Waals surface area contributed by atoms with Gasteiger partial charge in [-0.25, -0.2) is 0 Å². The van der Waals surface area contributed by atoms with E-state index in [2.05, 4.69) is 29.7 Å². The Kier molecular flexibility index (Phi) is 4.48. The van der Waals surface area contributed by atoms with Gasteiger partial charge in [0.25, 0.3) is 0 Å². The molecule has 0 saturated carbocycles. The Morgan fingerprint density at radius 3 is 2.67 bits per heavy atom. The number of para-hydroxylation sites is 1. The van der Waals surface area contributed by atoms with Crippen LogP contribution in [0.2, 0.25) is 0 Å². The van der Waals surface area contributed by atoms with Crippen LogP contribution in [-0.2, 0) is 0 Å². The largest absolute Gasteiger partial charge is 0.492 e. The van der Waals surface area contributed by atoms with Crippen molar-refractivity contribution >= 4 is 0 Å². The molecule has 1 aromatic rings. The van der Waals surface area contributed by atoms with E-state index in [-0.39, 0.29) is 6.04 Å². The number of benzene rings is 1. The average Bonchev–Trinajstić information content (AvgIpc) is 2.55. The molecule has 116 valence electrons. The molecular formula is C17H27N3O. The number of nitrogens with zero attached hydrogens (tertiary/aromatic N) is 2. The number of hydrogen-bond donors (Lipinski definition) is 1. The van der Waals surface area contributed by atoms with Crippen molar-refractivity contribution in [1.82, 2.24) is 9.80 Å². The van der Waals surface area contributed by atoms with Crippen LogP contribution in [0.1, 0.15) is 31.9 Å². The van der Waals surface area contributed by atoms with E-state index in [1.807, 2.05) is 18.2 Å². The average molecular weight is 289 g/mol. The molecule has 3 unspecified atom stereocenters. The minimum absolute atomic E-state index is 0.0603. The fourth-order valence-corrected chi connectivity index (χ4v) is 3.47. The van der Waals surface area contributed by atoms with Crippen LogP contribution < -0.4 is 10.5 Å². The number of nitrogens with two attached hydrogens (primary N) is 1. The fraction of sp³-hybridized carbons (Fsp3) is 0.647. The van der Waals surface area contributed by atoms with Gasteiger partial charge in [0.05, 0.1) is 12.1 Å². The summed E-state index contributed by atoms with van der Waals surface area (Å²) in [5.41, 5.74) is 7.66. The van der Waals surface area contributed by atoms with Gasteiger partial charge in [0, 0.05) is 37.8 Å². The second-order valence-corrected chi connectivity index (χ2v) is 6.27. The number of hydrogen-bond acceptors (Lipinski definition) is 4. The number of fused-ring (bicyclic) bond motifs is 1. The summed E-state index contributed by atoms with van der Waals surface area (Å²) in [7, 11) is 0. The number of rotatable bonds is 3. The summed E-state index contributed by atoms with van der Waals surface area (Å²) < 4.78 is 5.92. The Morgan fingerprint density at radius 2 is 1.95 bits per heavy atom. The van der Waals surface area contributed by atoms with Crippen molar-refractivity contribution in [3.05, 3.63) is 29.8 Å². The zero-order chi connectivity index (χ0) is 14.8. The van der Waals surface area contributed by atoms with Crippen LogP contribution in [0, 0.1) is 0 Å². The Hall–Kier alpha value is -1.10. The Bertz CT molecular complexity index is 471. The first-order chi connectivity index (χ1) is 10.2. The van der Waals surface area contributed by atoms with Gasteiger partial charge < -0.3 is 10.5 Å². The van der Waals surface area contributed by atoms with Crippen molar-refractivity contribution < 1.29 is 4.74 Å². The summed E-state index contributed by atoms with van der Waals surface area (Å²) in [5, 5.41) is 0. The van der Waals surface area contributed by atoms with Crippen LogP contribution >= 0.6 is 0 Å². The molecule has 4 nitrogen and oxygen atoms in total. The van der Waals surface area contributed by atoms with E-state index in [1.165, 1.54) is 6.42 Å². The molecule has 3 atom stereocenters. The molecule has 0 aliphatic carbocycles. The predicted molar refractivity (Wildman–Crippen MR) is 85.6 cm³/mol. The van der Waals surface area contributed by atoms with E-state index in [4.69, 9.17) is 10.5 Å².